The van der Waals surface area contributed by atoms with Crippen molar-refractivity contribution in [3.05, 3.63) is 29.8 Å². The van der Waals surface area contributed by atoms with E-state index in [1.165, 1.54) is 6.07 Å². The fourth-order valence-corrected chi connectivity index (χ4v) is 2.06. The third-order valence-corrected chi connectivity index (χ3v) is 3.77. The summed E-state index contributed by atoms with van der Waals surface area (Å²) in [6, 6.07) is 3.08. The van der Waals surface area contributed by atoms with E-state index in [4.69, 9.17) is 10.5 Å². The van der Waals surface area contributed by atoms with Gasteiger partial charge < -0.3 is 15.8 Å². The van der Waals surface area contributed by atoms with Gasteiger partial charge in [-0.1, -0.05) is 13.8 Å². The quantitative estimate of drug-likeness (QED) is 0.724. The molecule has 118 valence electrons. The first-order chi connectivity index (χ1) is 9.99. The summed E-state index contributed by atoms with van der Waals surface area (Å²) in [5, 5.41) is 2.74. The molecule has 1 aromatic carbocycles. The lowest BCUT2D eigenvalue weighted by Crippen LogP contribution is -2.46. The summed E-state index contributed by atoms with van der Waals surface area (Å²) in [4.78, 5) is 12.1. The van der Waals surface area contributed by atoms with E-state index >= 15 is 0 Å². The molecule has 0 unspecified atom stereocenters. The molecule has 0 aromatic heterocycles. The van der Waals surface area contributed by atoms with E-state index in [-0.39, 0.29) is 31.4 Å². The molecular formula is C15H22F2N2O2. The van der Waals surface area contributed by atoms with Gasteiger partial charge in [0.1, 0.15) is 12.4 Å². The maximum atomic E-state index is 13.3. The zero-order chi connectivity index (χ0) is 15.9. The van der Waals surface area contributed by atoms with Gasteiger partial charge in [0.2, 0.25) is 5.91 Å². The maximum Gasteiger partial charge on any atom is 0.227 e. The van der Waals surface area contributed by atoms with Crippen LogP contribution >= 0.6 is 0 Å². The van der Waals surface area contributed by atoms with Gasteiger partial charge in [-0.25, -0.2) is 8.78 Å². The number of benzene rings is 1. The molecule has 0 atom stereocenters. The number of ether oxygens (including phenoxy) is 1. The van der Waals surface area contributed by atoms with E-state index < -0.39 is 17.0 Å². The number of amides is 1. The average molecular weight is 300 g/mol. The molecule has 0 aliphatic rings. The number of hydrogen-bond donors (Lipinski definition) is 2. The molecule has 0 radical (unpaired) electrons. The Kier molecular flexibility index (Phi) is 6.55. The lowest BCUT2D eigenvalue weighted by Gasteiger charge is -2.28. The average Bonchev–Trinajstić information content (AvgIpc) is 2.48. The van der Waals surface area contributed by atoms with Crippen molar-refractivity contribution in [3.63, 3.8) is 0 Å². The van der Waals surface area contributed by atoms with Gasteiger partial charge in [-0.15, -0.1) is 0 Å². The van der Waals surface area contributed by atoms with Crippen molar-refractivity contribution >= 4 is 5.91 Å². The van der Waals surface area contributed by atoms with E-state index in [1.54, 1.807) is 0 Å². The number of carbonyl (C=O) groups is 1. The summed E-state index contributed by atoms with van der Waals surface area (Å²) >= 11 is 0. The molecule has 0 heterocycles. The molecule has 0 bridgehead atoms. The first-order valence-electron chi connectivity index (χ1n) is 7.05. The molecule has 6 heteroatoms. The van der Waals surface area contributed by atoms with Gasteiger partial charge in [0.25, 0.3) is 0 Å². The summed E-state index contributed by atoms with van der Waals surface area (Å²) in [6.07, 6.45) is 1.30. The normalized spacial score (nSPS) is 11.3. The van der Waals surface area contributed by atoms with Crippen LogP contribution in [0, 0.1) is 17.0 Å². The van der Waals surface area contributed by atoms with Crippen LogP contribution in [-0.4, -0.2) is 25.6 Å². The predicted molar refractivity (Wildman–Crippen MR) is 76.9 cm³/mol. The van der Waals surface area contributed by atoms with Crippen molar-refractivity contribution < 1.29 is 18.3 Å². The van der Waals surface area contributed by atoms with Crippen LogP contribution in [0.1, 0.15) is 26.7 Å². The molecular weight excluding hydrogens is 278 g/mol. The SMILES string of the molecule is CCC(CC)(CN)C(=O)NCCOc1ccc(F)cc1F. The molecule has 0 aliphatic carbocycles. The topological polar surface area (TPSA) is 64.4 Å². The van der Waals surface area contributed by atoms with Crippen LogP contribution in [-0.2, 0) is 4.79 Å². The Morgan fingerprint density at radius 3 is 2.52 bits per heavy atom. The van der Waals surface area contributed by atoms with Crippen molar-refractivity contribution in [1.29, 1.82) is 0 Å². The molecule has 0 saturated carbocycles. The van der Waals surface area contributed by atoms with Gasteiger partial charge in [-0.3, -0.25) is 4.79 Å². The van der Waals surface area contributed by atoms with Gasteiger partial charge in [0, 0.05) is 12.6 Å². The summed E-state index contributed by atoms with van der Waals surface area (Å²) in [6.45, 7) is 4.44. The van der Waals surface area contributed by atoms with Crippen molar-refractivity contribution in [2.24, 2.45) is 11.1 Å². The second-order valence-corrected chi connectivity index (χ2v) is 4.87. The number of carbonyl (C=O) groups excluding carboxylic acids is 1. The van der Waals surface area contributed by atoms with Crippen LogP contribution in [0.3, 0.4) is 0 Å². The van der Waals surface area contributed by atoms with E-state index in [9.17, 15) is 13.6 Å². The molecule has 0 spiro atoms. The predicted octanol–water partition coefficient (Wildman–Crippen LogP) is 2.22. The molecule has 1 amide bonds. The Hall–Kier alpha value is -1.69. The standard InChI is InChI=1S/C15H22F2N2O2/c1-3-15(4-2,10-18)14(20)19-7-8-21-13-6-5-11(16)9-12(13)17/h5-6,9H,3-4,7-8,10,18H2,1-2H3,(H,19,20). The van der Waals surface area contributed by atoms with Crippen LogP contribution < -0.4 is 15.8 Å². The van der Waals surface area contributed by atoms with Gasteiger partial charge in [-0.2, -0.15) is 0 Å². The zero-order valence-corrected chi connectivity index (χ0v) is 12.4. The highest BCUT2D eigenvalue weighted by Gasteiger charge is 2.32. The van der Waals surface area contributed by atoms with Gasteiger partial charge in [-0.05, 0) is 25.0 Å². The molecule has 3 N–H and O–H groups in total. The monoisotopic (exact) mass is 300 g/mol. The first kappa shape index (κ1) is 17.4. The lowest BCUT2D eigenvalue weighted by molar-refractivity contribution is -0.131. The van der Waals surface area contributed by atoms with Crippen molar-refractivity contribution in [2.75, 3.05) is 19.7 Å². The number of hydrogen-bond acceptors (Lipinski definition) is 3. The second kappa shape index (κ2) is 7.93. The maximum absolute atomic E-state index is 13.3. The minimum absolute atomic E-state index is 0.0401. The van der Waals surface area contributed by atoms with Crippen LogP contribution in [0.2, 0.25) is 0 Å². The van der Waals surface area contributed by atoms with E-state index in [2.05, 4.69) is 5.32 Å². The second-order valence-electron chi connectivity index (χ2n) is 4.87. The fourth-order valence-electron chi connectivity index (χ4n) is 2.06. The molecule has 0 aliphatic heterocycles. The smallest absolute Gasteiger partial charge is 0.227 e. The Morgan fingerprint density at radius 2 is 2.00 bits per heavy atom. The van der Waals surface area contributed by atoms with Crippen molar-refractivity contribution in [2.45, 2.75) is 26.7 Å². The highest BCUT2D eigenvalue weighted by molar-refractivity contribution is 5.82. The molecule has 21 heavy (non-hydrogen) atoms. The van der Waals surface area contributed by atoms with Gasteiger partial charge >= 0.3 is 0 Å². The summed E-state index contributed by atoms with van der Waals surface area (Å²) in [5.41, 5.74) is 5.11. The van der Waals surface area contributed by atoms with Crippen LogP contribution in [0.5, 0.6) is 5.75 Å². The fraction of sp³-hybridized carbons (Fsp3) is 0.533. The molecule has 1 rings (SSSR count). The number of nitrogens with one attached hydrogen (secondary N) is 1. The number of nitrogens with two attached hydrogens (primary N) is 1. The molecule has 1 aromatic rings. The highest BCUT2D eigenvalue weighted by Crippen LogP contribution is 2.24. The lowest BCUT2D eigenvalue weighted by atomic mass is 9.81. The summed E-state index contributed by atoms with van der Waals surface area (Å²) < 4.78 is 31.2. The zero-order valence-electron chi connectivity index (χ0n) is 12.4. The Labute approximate surface area is 123 Å². The third-order valence-electron chi connectivity index (χ3n) is 3.77. The Balaban J connectivity index is 2.45. The van der Waals surface area contributed by atoms with E-state index in [1.807, 2.05) is 13.8 Å². The van der Waals surface area contributed by atoms with Crippen LogP contribution in [0.4, 0.5) is 8.78 Å². The first-order valence-corrected chi connectivity index (χ1v) is 7.05. The van der Waals surface area contributed by atoms with Gasteiger partial charge in [0.05, 0.1) is 12.0 Å². The van der Waals surface area contributed by atoms with E-state index in [0.29, 0.717) is 12.8 Å². The molecule has 0 fully saturated rings. The summed E-state index contributed by atoms with van der Waals surface area (Å²) in [5.74, 6) is -1.59. The molecule has 0 saturated heterocycles. The van der Waals surface area contributed by atoms with Gasteiger partial charge in [0.15, 0.2) is 11.6 Å². The highest BCUT2D eigenvalue weighted by atomic mass is 19.1. The van der Waals surface area contributed by atoms with Crippen LogP contribution in [0.25, 0.3) is 0 Å². The third kappa shape index (κ3) is 4.39. The summed E-state index contributed by atoms with van der Waals surface area (Å²) in [7, 11) is 0. The minimum atomic E-state index is -0.764. The Morgan fingerprint density at radius 1 is 1.33 bits per heavy atom. The van der Waals surface area contributed by atoms with E-state index in [0.717, 1.165) is 12.1 Å². The Bertz CT molecular complexity index is 468. The minimum Gasteiger partial charge on any atom is -0.489 e. The molecule has 4 nitrogen and oxygen atoms in total. The van der Waals surface area contributed by atoms with Crippen molar-refractivity contribution in [3.8, 4) is 5.75 Å². The van der Waals surface area contributed by atoms with Crippen molar-refractivity contribution in [1.82, 2.24) is 5.32 Å². The number of halogens is 2. The number of rotatable bonds is 8. The van der Waals surface area contributed by atoms with Crippen LogP contribution in [0.15, 0.2) is 18.2 Å². The largest absolute Gasteiger partial charge is 0.489 e.